The van der Waals surface area contributed by atoms with Gasteiger partial charge in [0.25, 0.3) is 0 Å². The Labute approximate surface area is 120 Å². The fourth-order valence-corrected chi connectivity index (χ4v) is 3.12. The second kappa shape index (κ2) is 5.31. The molecular formula is C17H22N2O. The minimum absolute atomic E-state index is 0.769. The van der Waals surface area contributed by atoms with Crippen LogP contribution in [0.5, 0.6) is 5.75 Å². The molecule has 106 valence electrons. The van der Waals surface area contributed by atoms with Gasteiger partial charge in [-0.3, -0.25) is 4.98 Å². The number of rotatable bonds is 2. The van der Waals surface area contributed by atoms with E-state index in [-0.39, 0.29) is 0 Å². The predicted octanol–water partition coefficient (Wildman–Crippen LogP) is 3.79. The molecule has 1 aromatic carbocycles. The number of methoxy groups -OCH3 is 1. The minimum Gasteiger partial charge on any atom is -0.497 e. The van der Waals surface area contributed by atoms with Gasteiger partial charge in [-0.1, -0.05) is 6.92 Å². The first kappa shape index (κ1) is 13.2. The monoisotopic (exact) mass is 270 g/mol. The second-order valence-electron chi connectivity index (χ2n) is 5.86. The van der Waals surface area contributed by atoms with Crippen molar-refractivity contribution < 1.29 is 4.74 Å². The summed E-state index contributed by atoms with van der Waals surface area (Å²) in [4.78, 5) is 7.16. The van der Waals surface area contributed by atoms with Crippen LogP contribution in [0, 0.1) is 12.8 Å². The molecule has 1 fully saturated rings. The lowest BCUT2D eigenvalue weighted by molar-refractivity contribution is 0.415. The summed E-state index contributed by atoms with van der Waals surface area (Å²) in [5.74, 6) is 1.64. The molecule has 20 heavy (non-hydrogen) atoms. The molecule has 1 aliphatic rings. The third kappa shape index (κ3) is 2.45. The van der Waals surface area contributed by atoms with Crippen molar-refractivity contribution in [2.24, 2.45) is 5.92 Å². The number of benzene rings is 1. The largest absolute Gasteiger partial charge is 0.497 e. The quantitative estimate of drug-likeness (QED) is 0.830. The minimum atomic E-state index is 0.769. The Morgan fingerprint density at radius 2 is 2.15 bits per heavy atom. The van der Waals surface area contributed by atoms with Crippen LogP contribution >= 0.6 is 0 Å². The molecule has 0 spiro atoms. The molecule has 0 bridgehead atoms. The Kier molecular flexibility index (Phi) is 3.51. The number of anilines is 1. The molecule has 1 aromatic heterocycles. The molecule has 0 amide bonds. The molecule has 1 unspecified atom stereocenters. The summed E-state index contributed by atoms with van der Waals surface area (Å²) in [6.45, 7) is 6.70. The number of nitrogens with zero attached hydrogens (tertiary/aromatic N) is 2. The van der Waals surface area contributed by atoms with Crippen LogP contribution in [0.25, 0.3) is 10.9 Å². The second-order valence-corrected chi connectivity index (χ2v) is 5.86. The fraction of sp³-hybridized carbons (Fsp3) is 0.471. The number of aromatic nitrogens is 1. The van der Waals surface area contributed by atoms with Crippen LogP contribution in [0.3, 0.4) is 0 Å². The first-order valence-corrected chi connectivity index (χ1v) is 7.37. The topological polar surface area (TPSA) is 25.4 Å². The Morgan fingerprint density at radius 1 is 1.30 bits per heavy atom. The van der Waals surface area contributed by atoms with Gasteiger partial charge in [-0.15, -0.1) is 0 Å². The molecule has 0 saturated carbocycles. The van der Waals surface area contributed by atoms with Gasteiger partial charge in [-0.05, 0) is 43.9 Å². The molecule has 3 rings (SSSR count). The highest BCUT2D eigenvalue weighted by Crippen LogP contribution is 2.32. The first-order chi connectivity index (χ1) is 9.67. The average Bonchev–Trinajstić information content (AvgIpc) is 2.45. The van der Waals surface area contributed by atoms with Crippen molar-refractivity contribution in [1.82, 2.24) is 4.98 Å². The molecule has 3 heteroatoms. The number of ether oxygens (including phenoxy) is 1. The first-order valence-electron chi connectivity index (χ1n) is 7.37. The van der Waals surface area contributed by atoms with E-state index in [1.165, 1.54) is 23.9 Å². The summed E-state index contributed by atoms with van der Waals surface area (Å²) in [5.41, 5.74) is 3.42. The summed E-state index contributed by atoms with van der Waals surface area (Å²) >= 11 is 0. The number of aryl methyl sites for hydroxylation is 1. The van der Waals surface area contributed by atoms with Crippen molar-refractivity contribution in [3.05, 3.63) is 30.0 Å². The Morgan fingerprint density at radius 3 is 2.90 bits per heavy atom. The highest BCUT2D eigenvalue weighted by molar-refractivity contribution is 5.92. The molecule has 1 saturated heterocycles. The summed E-state index contributed by atoms with van der Waals surface area (Å²) in [6, 6.07) is 8.40. The van der Waals surface area contributed by atoms with Crippen LogP contribution in [-0.2, 0) is 0 Å². The van der Waals surface area contributed by atoms with Crippen molar-refractivity contribution in [1.29, 1.82) is 0 Å². The summed E-state index contributed by atoms with van der Waals surface area (Å²) in [7, 11) is 1.70. The van der Waals surface area contributed by atoms with E-state index in [1.54, 1.807) is 7.11 Å². The van der Waals surface area contributed by atoms with Gasteiger partial charge in [0.2, 0.25) is 0 Å². The van der Waals surface area contributed by atoms with E-state index in [0.717, 1.165) is 36.0 Å². The lowest BCUT2D eigenvalue weighted by Crippen LogP contribution is -2.34. The fourth-order valence-electron chi connectivity index (χ4n) is 3.12. The van der Waals surface area contributed by atoms with Gasteiger partial charge < -0.3 is 9.64 Å². The third-order valence-corrected chi connectivity index (χ3v) is 4.12. The molecule has 0 N–H and O–H groups in total. The number of pyridine rings is 1. The maximum absolute atomic E-state index is 5.31. The maximum Gasteiger partial charge on any atom is 0.121 e. The molecule has 0 radical (unpaired) electrons. The predicted molar refractivity (Wildman–Crippen MR) is 83.6 cm³/mol. The van der Waals surface area contributed by atoms with Crippen LogP contribution in [0.2, 0.25) is 0 Å². The van der Waals surface area contributed by atoms with E-state index in [2.05, 4.69) is 35.9 Å². The summed E-state index contributed by atoms with van der Waals surface area (Å²) < 4.78 is 5.31. The molecular weight excluding hydrogens is 248 g/mol. The van der Waals surface area contributed by atoms with Crippen molar-refractivity contribution in [3.8, 4) is 5.75 Å². The van der Waals surface area contributed by atoms with Crippen LogP contribution < -0.4 is 9.64 Å². The SMILES string of the molecule is COc1ccc2c(N3CCCC(C)C3)cc(C)nc2c1. The van der Waals surface area contributed by atoms with Crippen molar-refractivity contribution in [2.45, 2.75) is 26.7 Å². The highest BCUT2D eigenvalue weighted by atomic mass is 16.5. The lowest BCUT2D eigenvalue weighted by Gasteiger charge is -2.33. The van der Waals surface area contributed by atoms with E-state index in [0.29, 0.717) is 0 Å². The normalized spacial score (nSPS) is 19.4. The summed E-state index contributed by atoms with van der Waals surface area (Å²) in [5, 5.41) is 1.23. The standard InChI is InChI=1S/C17H22N2O/c1-12-5-4-8-19(11-12)17-9-13(2)18-16-10-14(20-3)6-7-15(16)17/h6-7,9-10,12H,4-5,8,11H2,1-3H3. The Bertz CT molecular complexity index is 624. The van der Waals surface area contributed by atoms with Crippen molar-refractivity contribution in [2.75, 3.05) is 25.1 Å². The van der Waals surface area contributed by atoms with Gasteiger partial charge >= 0.3 is 0 Å². The van der Waals surface area contributed by atoms with E-state index < -0.39 is 0 Å². The number of hydrogen-bond donors (Lipinski definition) is 0. The van der Waals surface area contributed by atoms with Crippen molar-refractivity contribution >= 4 is 16.6 Å². The average molecular weight is 270 g/mol. The van der Waals surface area contributed by atoms with E-state index in [1.807, 2.05) is 12.1 Å². The van der Waals surface area contributed by atoms with Gasteiger partial charge in [0.15, 0.2) is 0 Å². The van der Waals surface area contributed by atoms with Crippen LogP contribution in [-0.4, -0.2) is 25.2 Å². The smallest absolute Gasteiger partial charge is 0.121 e. The zero-order valence-corrected chi connectivity index (χ0v) is 12.5. The number of fused-ring (bicyclic) bond motifs is 1. The van der Waals surface area contributed by atoms with E-state index >= 15 is 0 Å². The van der Waals surface area contributed by atoms with Gasteiger partial charge in [0.1, 0.15) is 5.75 Å². The Balaban J connectivity index is 2.09. The molecule has 2 aromatic rings. The van der Waals surface area contributed by atoms with Gasteiger partial charge in [-0.25, -0.2) is 0 Å². The van der Waals surface area contributed by atoms with E-state index in [4.69, 9.17) is 4.74 Å². The van der Waals surface area contributed by atoms with Gasteiger partial charge in [0.05, 0.1) is 12.6 Å². The van der Waals surface area contributed by atoms with E-state index in [9.17, 15) is 0 Å². The molecule has 0 aliphatic carbocycles. The zero-order valence-electron chi connectivity index (χ0n) is 12.5. The van der Waals surface area contributed by atoms with Gasteiger partial charge in [-0.2, -0.15) is 0 Å². The molecule has 1 aliphatic heterocycles. The number of hydrogen-bond acceptors (Lipinski definition) is 3. The van der Waals surface area contributed by atoms with Gasteiger partial charge in [0, 0.05) is 35.9 Å². The third-order valence-electron chi connectivity index (χ3n) is 4.12. The van der Waals surface area contributed by atoms with Crippen LogP contribution in [0.4, 0.5) is 5.69 Å². The molecule has 1 atom stereocenters. The summed E-state index contributed by atoms with van der Waals surface area (Å²) in [6.07, 6.45) is 2.62. The van der Waals surface area contributed by atoms with Crippen molar-refractivity contribution in [3.63, 3.8) is 0 Å². The molecule has 2 heterocycles. The number of piperidine rings is 1. The maximum atomic E-state index is 5.31. The Hall–Kier alpha value is -1.77. The molecule has 3 nitrogen and oxygen atoms in total. The van der Waals surface area contributed by atoms with Crippen LogP contribution in [0.1, 0.15) is 25.5 Å². The van der Waals surface area contributed by atoms with Crippen LogP contribution in [0.15, 0.2) is 24.3 Å². The zero-order chi connectivity index (χ0) is 14.1. The lowest BCUT2D eigenvalue weighted by atomic mass is 9.99. The highest BCUT2D eigenvalue weighted by Gasteiger charge is 2.19.